The molecule has 0 aliphatic rings. The van der Waals surface area contributed by atoms with Crippen molar-refractivity contribution in [2.75, 3.05) is 0 Å². The average molecular weight is 113 g/mol. The molecular formula is C5H7NO2. The van der Waals surface area contributed by atoms with Gasteiger partial charge in [-0.2, -0.15) is 0 Å². The molecule has 3 N–H and O–H groups in total. The van der Waals surface area contributed by atoms with E-state index in [4.69, 9.17) is 10.2 Å². The number of hydrogen-bond donors (Lipinski definition) is 3. The van der Waals surface area contributed by atoms with Gasteiger partial charge in [-0.25, -0.2) is 0 Å². The second-order valence-corrected chi connectivity index (χ2v) is 1.67. The third kappa shape index (κ3) is 0.521. The summed E-state index contributed by atoms with van der Waals surface area (Å²) in [5, 5.41) is 17.4. The van der Waals surface area contributed by atoms with E-state index in [0.29, 0.717) is 5.56 Å². The van der Waals surface area contributed by atoms with Crippen molar-refractivity contribution in [1.82, 2.24) is 4.98 Å². The molecular weight excluding hydrogens is 106 g/mol. The van der Waals surface area contributed by atoms with Crippen LogP contribution in [0.3, 0.4) is 0 Å². The Kier molecular flexibility index (Phi) is 0.901. The van der Waals surface area contributed by atoms with Crippen molar-refractivity contribution in [3.8, 4) is 11.6 Å². The minimum atomic E-state index is -0.164. The summed E-state index contributed by atoms with van der Waals surface area (Å²) in [6, 6.07) is 0. The van der Waals surface area contributed by atoms with E-state index in [1.807, 2.05) is 0 Å². The van der Waals surface area contributed by atoms with E-state index in [-0.39, 0.29) is 11.6 Å². The lowest BCUT2D eigenvalue weighted by atomic mass is 10.4. The SMILES string of the molecule is Cc1c[nH]c(O)c1O. The molecule has 1 aromatic rings. The lowest BCUT2D eigenvalue weighted by Crippen LogP contribution is -1.60. The lowest BCUT2D eigenvalue weighted by molar-refractivity contribution is 0.394. The number of rotatable bonds is 0. The van der Waals surface area contributed by atoms with Crippen LogP contribution in [0.25, 0.3) is 0 Å². The fraction of sp³-hybridized carbons (Fsp3) is 0.200. The lowest BCUT2D eigenvalue weighted by Gasteiger charge is -1.84. The summed E-state index contributed by atoms with van der Waals surface area (Å²) in [5.41, 5.74) is 0.655. The van der Waals surface area contributed by atoms with E-state index in [1.165, 1.54) is 6.20 Å². The third-order valence-electron chi connectivity index (χ3n) is 1.02. The summed E-state index contributed by atoms with van der Waals surface area (Å²) in [6.07, 6.45) is 1.53. The second-order valence-electron chi connectivity index (χ2n) is 1.67. The summed E-state index contributed by atoms with van der Waals surface area (Å²) >= 11 is 0. The first-order chi connectivity index (χ1) is 3.72. The van der Waals surface area contributed by atoms with Gasteiger partial charge >= 0.3 is 0 Å². The Bertz CT molecular complexity index is 173. The first-order valence-corrected chi connectivity index (χ1v) is 2.27. The van der Waals surface area contributed by atoms with Gasteiger partial charge in [-0.15, -0.1) is 0 Å². The van der Waals surface area contributed by atoms with E-state index in [1.54, 1.807) is 6.92 Å². The van der Waals surface area contributed by atoms with Gasteiger partial charge in [-0.05, 0) is 6.92 Å². The molecule has 1 heterocycles. The van der Waals surface area contributed by atoms with E-state index in [2.05, 4.69) is 4.98 Å². The van der Waals surface area contributed by atoms with Gasteiger partial charge in [-0.1, -0.05) is 0 Å². The van der Waals surface area contributed by atoms with Gasteiger partial charge in [-0.3, -0.25) is 0 Å². The maximum atomic E-state index is 8.77. The van der Waals surface area contributed by atoms with Gasteiger partial charge in [0.05, 0.1) is 0 Å². The maximum absolute atomic E-state index is 8.77. The van der Waals surface area contributed by atoms with Crippen LogP contribution in [0.2, 0.25) is 0 Å². The van der Waals surface area contributed by atoms with Crippen LogP contribution in [0.1, 0.15) is 5.56 Å². The van der Waals surface area contributed by atoms with Crippen molar-refractivity contribution < 1.29 is 10.2 Å². The first kappa shape index (κ1) is 5.03. The van der Waals surface area contributed by atoms with Crippen molar-refractivity contribution in [3.05, 3.63) is 11.8 Å². The smallest absolute Gasteiger partial charge is 0.232 e. The Morgan fingerprint density at radius 3 is 2.25 bits per heavy atom. The number of H-pyrrole nitrogens is 1. The zero-order valence-electron chi connectivity index (χ0n) is 4.47. The highest BCUT2D eigenvalue weighted by Gasteiger charge is 2.01. The monoisotopic (exact) mass is 113 g/mol. The molecule has 8 heavy (non-hydrogen) atoms. The Hall–Kier alpha value is -1.12. The van der Waals surface area contributed by atoms with Gasteiger partial charge in [0.15, 0.2) is 5.75 Å². The van der Waals surface area contributed by atoms with Crippen LogP contribution in [0.4, 0.5) is 0 Å². The molecule has 0 fully saturated rings. The van der Waals surface area contributed by atoms with Crippen LogP contribution in [-0.4, -0.2) is 15.2 Å². The second kappa shape index (κ2) is 1.43. The number of nitrogens with one attached hydrogen (secondary N) is 1. The highest BCUT2D eigenvalue weighted by Crippen LogP contribution is 2.25. The minimum Gasteiger partial charge on any atom is -0.503 e. The molecule has 0 aliphatic carbocycles. The zero-order chi connectivity index (χ0) is 6.15. The topological polar surface area (TPSA) is 56.2 Å². The molecule has 0 unspecified atom stereocenters. The molecule has 0 saturated carbocycles. The number of aromatic hydroxyl groups is 2. The largest absolute Gasteiger partial charge is 0.503 e. The van der Waals surface area contributed by atoms with Gasteiger partial charge < -0.3 is 15.2 Å². The van der Waals surface area contributed by atoms with Crippen molar-refractivity contribution in [1.29, 1.82) is 0 Å². The van der Waals surface area contributed by atoms with Crippen LogP contribution in [-0.2, 0) is 0 Å². The zero-order valence-corrected chi connectivity index (χ0v) is 4.47. The molecule has 0 amide bonds. The van der Waals surface area contributed by atoms with Crippen molar-refractivity contribution >= 4 is 0 Å². The van der Waals surface area contributed by atoms with Gasteiger partial charge in [0, 0.05) is 11.8 Å². The number of aryl methyl sites for hydroxylation is 1. The van der Waals surface area contributed by atoms with Crippen LogP contribution in [0, 0.1) is 6.92 Å². The first-order valence-electron chi connectivity index (χ1n) is 2.27. The number of aromatic amines is 1. The van der Waals surface area contributed by atoms with Crippen molar-refractivity contribution in [2.45, 2.75) is 6.92 Å². The van der Waals surface area contributed by atoms with E-state index in [0.717, 1.165) is 0 Å². The molecule has 3 heteroatoms. The Morgan fingerprint density at radius 2 is 2.12 bits per heavy atom. The molecule has 0 aliphatic heterocycles. The van der Waals surface area contributed by atoms with Crippen LogP contribution >= 0.6 is 0 Å². The van der Waals surface area contributed by atoms with Gasteiger partial charge in [0.25, 0.3) is 0 Å². The molecule has 0 saturated heterocycles. The average Bonchev–Trinajstić information content (AvgIpc) is 1.98. The Balaban J connectivity index is 3.19. The van der Waals surface area contributed by atoms with E-state index in [9.17, 15) is 0 Å². The normalized spacial score (nSPS) is 9.62. The molecule has 0 atom stereocenters. The predicted molar refractivity (Wildman–Crippen MR) is 28.9 cm³/mol. The maximum Gasteiger partial charge on any atom is 0.232 e. The highest BCUT2D eigenvalue weighted by atomic mass is 16.3. The molecule has 3 nitrogen and oxygen atoms in total. The van der Waals surface area contributed by atoms with Crippen molar-refractivity contribution in [2.24, 2.45) is 0 Å². The predicted octanol–water partition coefficient (Wildman–Crippen LogP) is 0.734. The van der Waals surface area contributed by atoms with E-state index < -0.39 is 0 Å². The fourth-order valence-electron chi connectivity index (χ4n) is 0.500. The fourth-order valence-corrected chi connectivity index (χ4v) is 0.500. The Morgan fingerprint density at radius 1 is 1.50 bits per heavy atom. The van der Waals surface area contributed by atoms with Crippen LogP contribution in [0.5, 0.6) is 11.6 Å². The summed E-state index contributed by atoms with van der Waals surface area (Å²) in [6.45, 7) is 1.70. The molecule has 0 spiro atoms. The quantitative estimate of drug-likeness (QED) is 0.464. The molecule has 1 aromatic heterocycles. The third-order valence-corrected chi connectivity index (χ3v) is 1.02. The number of aromatic nitrogens is 1. The van der Waals surface area contributed by atoms with Gasteiger partial charge in [0.1, 0.15) is 0 Å². The van der Waals surface area contributed by atoms with Gasteiger partial charge in [0.2, 0.25) is 5.88 Å². The minimum absolute atomic E-state index is 0.0648. The van der Waals surface area contributed by atoms with Crippen molar-refractivity contribution in [3.63, 3.8) is 0 Å². The molecule has 0 bridgehead atoms. The molecule has 0 radical (unpaired) electrons. The number of hydrogen-bond acceptors (Lipinski definition) is 2. The van der Waals surface area contributed by atoms with Crippen LogP contribution in [0.15, 0.2) is 6.20 Å². The summed E-state index contributed by atoms with van der Waals surface area (Å²) in [5.74, 6) is -0.229. The summed E-state index contributed by atoms with van der Waals surface area (Å²) in [7, 11) is 0. The molecule has 0 aromatic carbocycles. The van der Waals surface area contributed by atoms with Crippen LogP contribution < -0.4 is 0 Å². The summed E-state index contributed by atoms with van der Waals surface area (Å²) in [4.78, 5) is 2.44. The molecule has 1 rings (SSSR count). The molecule has 44 valence electrons. The standard InChI is InChI=1S/C5H7NO2/c1-3-2-6-5(8)4(3)7/h2,6-8H,1H3. The van der Waals surface area contributed by atoms with E-state index >= 15 is 0 Å². The highest BCUT2D eigenvalue weighted by molar-refractivity contribution is 5.38. The Labute approximate surface area is 46.6 Å². The summed E-state index contributed by atoms with van der Waals surface area (Å²) < 4.78 is 0.